The maximum atomic E-state index is 13.1. The first-order chi connectivity index (χ1) is 11.5. The highest BCUT2D eigenvalue weighted by Gasteiger charge is 2.60. The van der Waals surface area contributed by atoms with Crippen molar-refractivity contribution in [3.8, 4) is 0 Å². The molecule has 24 heavy (non-hydrogen) atoms. The highest BCUT2D eigenvalue weighted by atomic mass is 35.5. The van der Waals surface area contributed by atoms with Gasteiger partial charge in [-0.15, -0.1) is 0 Å². The van der Waals surface area contributed by atoms with Gasteiger partial charge in [0.15, 0.2) is 11.6 Å². The molecule has 0 saturated carbocycles. The molecule has 1 saturated heterocycles. The molecule has 2 aromatic carbocycles. The average molecular weight is 341 g/mol. The minimum Gasteiger partial charge on any atom is -0.364 e. The van der Waals surface area contributed by atoms with Crippen LogP contribution >= 0.6 is 11.6 Å². The number of halogens is 1. The Kier molecular flexibility index (Phi) is 3.41. The second-order valence-electron chi connectivity index (χ2n) is 6.58. The number of ether oxygens (including phenoxy) is 1. The molecule has 1 unspecified atom stereocenters. The number of hydrogen-bond acceptors (Lipinski definition) is 3. The molecule has 0 N–H and O–H groups in total. The van der Waals surface area contributed by atoms with Crippen molar-refractivity contribution in [3.63, 3.8) is 0 Å². The molecule has 0 amide bonds. The summed E-state index contributed by atoms with van der Waals surface area (Å²) in [5.41, 5.74) is 0.218. The summed E-state index contributed by atoms with van der Waals surface area (Å²) in [6.45, 7) is 2.37. The highest BCUT2D eigenvalue weighted by Crippen LogP contribution is 2.54. The zero-order chi connectivity index (χ0) is 16.9. The van der Waals surface area contributed by atoms with E-state index in [-0.39, 0.29) is 11.6 Å². The van der Waals surface area contributed by atoms with E-state index >= 15 is 0 Å². The summed E-state index contributed by atoms with van der Waals surface area (Å²) in [6.07, 6.45) is 0.793. The third-order valence-electron chi connectivity index (χ3n) is 5.33. The molecule has 122 valence electrons. The van der Waals surface area contributed by atoms with Crippen molar-refractivity contribution in [2.24, 2.45) is 5.41 Å². The van der Waals surface area contributed by atoms with Crippen molar-refractivity contribution in [3.05, 3.63) is 70.2 Å². The molecule has 0 spiro atoms. The van der Waals surface area contributed by atoms with E-state index in [0.29, 0.717) is 35.6 Å². The van der Waals surface area contributed by atoms with Gasteiger partial charge in [-0.3, -0.25) is 9.59 Å². The van der Waals surface area contributed by atoms with Crippen LogP contribution in [0, 0.1) is 5.41 Å². The zero-order valence-corrected chi connectivity index (χ0v) is 14.1. The Morgan fingerprint density at radius 1 is 1.00 bits per heavy atom. The summed E-state index contributed by atoms with van der Waals surface area (Å²) in [6, 6.07) is 14.6. The minimum atomic E-state index is -1.06. The van der Waals surface area contributed by atoms with E-state index in [2.05, 4.69) is 0 Å². The predicted octanol–water partition coefficient (Wildman–Crippen LogP) is 4.43. The van der Waals surface area contributed by atoms with Crippen LogP contribution in [0.1, 0.15) is 46.0 Å². The number of carbonyl (C=O) groups is 2. The van der Waals surface area contributed by atoms with E-state index in [1.165, 1.54) is 0 Å². The lowest BCUT2D eigenvalue weighted by atomic mass is 9.71. The molecule has 4 heteroatoms. The van der Waals surface area contributed by atoms with Crippen LogP contribution in [0.2, 0.25) is 5.02 Å². The first kappa shape index (κ1) is 15.6. The average Bonchev–Trinajstić information content (AvgIpc) is 3.35. The second-order valence-corrected chi connectivity index (χ2v) is 6.99. The van der Waals surface area contributed by atoms with Crippen molar-refractivity contribution in [1.29, 1.82) is 0 Å². The Bertz CT molecular complexity index is 816. The summed E-state index contributed by atoms with van der Waals surface area (Å²) in [4.78, 5) is 26.1. The molecule has 1 aliphatic heterocycles. The molecule has 3 nitrogen and oxygen atoms in total. The summed E-state index contributed by atoms with van der Waals surface area (Å²) in [5, 5.41) is 0.608. The largest absolute Gasteiger partial charge is 0.364 e. The lowest BCUT2D eigenvalue weighted by Gasteiger charge is -2.28. The van der Waals surface area contributed by atoms with Gasteiger partial charge in [0.25, 0.3) is 0 Å². The van der Waals surface area contributed by atoms with Gasteiger partial charge >= 0.3 is 0 Å². The molecule has 2 aromatic rings. The van der Waals surface area contributed by atoms with Gasteiger partial charge in [0.05, 0.1) is 12.0 Å². The quantitative estimate of drug-likeness (QED) is 0.611. The van der Waals surface area contributed by atoms with Crippen molar-refractivity contribution in [1.82, 2.24) is 0 Å². The van der Waals surface area contributed by atoms with Crippen LogP contribution in [-0.2, 0) is 10.3 Å². The van der Waals surface area contributed by atoms with E-state index in [1.807, 2.05) is 31.2 Å². The topological polar surface area (TPSA) is 46.7 Å². The fourth-order valence-electron chi connectivity index (χ4n) is 3.86. The highest BCUT2D eigenvalue weighted by molar-refractivity contribution is 6.31. The molecule has 1 aliphatic carbocycles. The number of Topliss-reactive ketones (excluding diaryl/α,β-unsaturated/α-hetero) is 2. The van der Waals surface area contributed by atoms with Crippen molar-refractivity contribution in [2.45, 2.75) is 25.4 Å². The van der Waals surface area contributed by atoms with Crippen LogP contribution in [0.25, 0.3) is 0 Å². The van der Waals surface area contributed by atoms with Gasteiger partial charge in [-0.25, -0.2) is 0 Å². The van der Waals surface area contributed by atoms with Gasteiger partial charge in [0.1, 0.15) is 5.60 Å². The maximum absolute atomic E-state index is 13.1. The normalized spacial score (nSPS) is 24.1. The second kappa shape index (κ2) is 5.27. The van der Waals surface area contributed by atoms with Crippen molar-refractivity contribution < 1.29 is 14.3 Å². The third kappa shape index (κ3) is 2.01. The Morgan fingerprint density at radius 3 is 2.04 bits per heavy atom. The fourth-order valence-corrected chi connectivity index (χ4v) is 4.17. The van der Waals surface area contributed by atoms with Crippen LogP contribution in [0.3, 0.4) is 0 Å². The molecule has 2 aliphatic rings. The number of epoxide rings is 1. The van der Waals surface area contributed by atoms with Gasteiger partial charge in [-0.2, -0.15) is 0 Å². The third-order valence-corrected chi connectivity index (χ3v) is 5.66. The molecule has 0 bridgehead atoms. The molecule has 0 radical (unpaired) electrons. The van der Waals surface area contributed by atoms with Crippen LogP contribution in [0.5, 0.6) is 0 Å². The number of carbonyl (C=O) groups excluding carboxylic acids is 2. The van der Waals surface area contributed by atoms with Crippen molar-refractivity contribution >= 4 is 23.2 Å². The van der Waals surface area contributed by atoms with Gasteiger partial charge in [-0.1, -0.05) is 61.0 Å². The number of ketones is 2. The van der Waals surface area contributed by atoms with Crippen LogP contribution < -0.4 is 0 Å². The standard InChI is InChI=1S/C20H17ClO3/c1-2-19(17(22)13-7-3-4-8-14(13)18(19)23)11-20(12-24-20)15-9-5-6-10-16(15)21/h3-10H,2,11-12H2,1H3. The lowest BCUT2D eigenvalue weighted by molar-refractivity contribution is 0.0617. The van der Waals surface area contributed by atoms with E-state index < -0.39 is 11.0 Å². The Hall–Kier alpha value is -1.97. The Morgan fingerprint density at radius 2 is 1.54 bits per heavy atom. The van der Waals surface area contributed by atoms with Gasteiger partial charge in [0, 0.05) is 28.1 Å². The lowest BCUT2D eigenvalue weighted by Crippen LogP contribution is -2.37. The molecule has 1 atom stereocenters. The smallest absolute Gasteiger partial charge is 0.177 e. The first-order valence-corrected chi connectivity index (χ1v) is 8.49. The molecule has 0 aromatic heterocycles. The number of fused-ring (bicyclic) bond motifs is 1. The maximum Gasteiger partial charge on any atom is 0.177 e. The van der Waals surface area contributed by atoms with Gasteiger partial charge in [0.2, 0.25) is 0 Å². The van der Waals surface area contributed by atoms with E-state index in [1.54, 1.807) is 24.3 Å². The molecular formula is C20H17ClO3. The summed E-state index contributed by atoms with van der Waals surface area (Å²) >= 11 is 6.33. The zero-order valence-electron chi connectivity index (χ0n) is 13.3. The number of benzene rings is 2. The van der Waals surface area contributed by atoms with E-state index in [0.717, 1.165) is 5.56 Å². The summed E-state index contributed by atoms with van der Waals surface area (Å²) < 4.78 is 5.76. The first-order valence-electron chi connectivity index (χ1n) is 8.12. The van der Waals surface area contributed by atoms with Crippen LogP contribution in [-0.4, -0.2) is 18.2 Å². The van der Waals surface area contributed by atoms with Crippen LogP contribution in [0.15, 0.2) is 48.5 Å². The van der Waals surface area contributed by atoms with E-state index in [4.69, 9.17) is 16.3 Å². The van der Waals surface area contributed by atoms with E-state index in [9.17, 15) is 9.59 Å². The fraction of sp³-hybridized carbons (Fsp3) is 0.300. The monoisotopic (exact) mass is 340 g/mol. The predicted molar refractivity (Wildman–Crippen MR) is 91.5 cm³/mol. The summed E-state index contributed by atoms with van der Waals surface area (Å²) in [5.74, 6) is -0.181. The Labute approximate surface area is 145 Å². The number of rotatable bonds is 4. The van der Waals surface area contributed by atoms with Gasteiger partial charge < -0.3 is 4.74 Å². The molecule has 1 fully saturated rings. The summed E-state index contributed by atoms with van der Waals surface area (Å²) in [7, 11) is 0. The minimum absolute atomic E-state index is 0.0903. The van der Waals surface area contributed by atoms with Gasteiger partial charge in [-0.05, 0) is 12.5 Å². The molecule has 4 rings (SSSR count). The molecule has 1 heterocycles. The van der Waals surface area contributed by atoms with Crippen LogP contribution in [0.4, 0.5) is 0 Å². The Balaban J connectivity index is 1.77. The van der Waals surface area contributed by atoms with Crippen molar-refractivity contribution in [2.75, 3.05) is 6.61 Å². The molecular weight excluding hydrogens is 324 g/mol. The SMILES string of the molecule is CCC1(CC2(c3ccccc3Cl)CO2)C(=O)c2ccccc2C1=O. The number of hydrogen-bond donors (Lipinski definition) is 0.